The van der Waals surface area contributed by atoms with Gasteiger partial charge in [-0.2, -0.15) is 0 Å². The zero-order valence-electron chi connectivity index (χ0n) is 25.5. The van der Waals surface area contributed by atoms with E-state index in [0.717, 1.165) is 9.13 Å². The first-order chi connectivity index (χ1) is 22.1. The van der Waals surface area contributed by atoms with E-state index in [1.807, 2.05) is 12.1 Å². The molecule has 3 aromatic carbocycles. The minimum Gasteiger partial charge on any atom is -0.493 e. The van der Waals surface area contributed by atoms with E-state index >= 15 is 0 Å². The molecule has 5 rings (SSSR count). The highest BCUT2D eigenvalue weighted by molar-refractivity contribution is 14.1. The highest BCUT2D eigenvalue weighted by Gasteiger charge is 2.34. The van der Waals surface area contributed by atoms with Gasteiger partial charge in [0.1, 0.15) is 6.61 Å². The Morgan fingerprint density at radius 2 is 1.76 bits per heavy atom. The Balaban J connectivity index is 1.59. The maximum Gasteiger partial charge on any atom is 0.338 e. The van der Waals surface area contributed by atoms with Crippen molar-refractivity contribution in [1.29, 1.82) is 0 Å². The Morgan fingerprint density at radius 1 is 1.02 bits per heavy atom. The van der Waals surface area contributed by atoms with Crippen LogP contribution in [0.15, 0.2) is 69.6 Å². The molecular weight excluding hydrogens is 766 g/mol. The highest BCUT2D eigenvalue weighted by atomic mass is 127. The van der Waals surface area contributed by atoms with E-state index in [-0.39, 0.29) is 24.3 Å². The number of fused-ring (bicyclic) bond motifs is 1. The van der Waals surface area contributed by atoms with Crippen LogP contribution in [0.5, 0.6) is 23.0 Å². The van der Waals surface area contributed by atoms with Crippen molar-refractivity contribution in [2.24, 2.45) is 4.99 Å². The third-order valence-corrected chi connectivity index (χ3v) is 9.55. The lowest BCUT2D eigenvalue weighted by atomic mass is 9.95. The molecule has 2 heterocycles. The van der Waals surface area contributed by atoms with E-state index in [4.69, 9.17) is 46.9 Å². The molecule has 4 aromatic rings. The standard InChI is InChI=1S/C33H29Cl2IN2O7S/c1-6-44-32(40)28-17(2)37-33-38(29(28)19-8-10-24(41-3)25(14-19)42-4)31(39)27(46-33)13-18-11-23(36)30(26(12-18)43-5)45-16-20-7-9-21(34)15-22(20)35/h7-15,29H,6,16H2,1-5H3/b27-13+/t29-/m1/s1. The lowest BCUT2D eigenvalue weighted by Gasteiger charge is -2.25. The van der Waals surface area contributed by atoms with E-state index in [1.54, 1.807) is 70.5 Å². The molecule has 0 N–H and O–H groups in total. The number of methoxy groups -OCH3 is 3. The van der Waals surface area contributed by atoms with Gasteiger partial charge in [0, 0.05) is 15.6 Å². The molecule has 0 saturated carbocycles. The van der Waals surface area contributed by atoms with Crippen LogP contribution in [0, 0.1) is 3.57 Å². The Morgan fingerprint density at radius 3 is 2.43 bits per heavy atom. The first-order valence-electron chi connectivity index (χ1n) is 14.0. The van der Waals surface area contributed by atoms with Gasteiger partial charge in [0.05, 0.1) is 53.4 Å². The number of hydrogen-bond donors (Lipinski definition) is 0. The van der Waals surface area contributed by atoms with Crippen molar-refractivity contribution in [1.82, 2.24) is 4.57 Å². The van der Waals surface area contributed by atoms with Crippen LogP contribution in [0.4, 0.5) is 0 Å². The monoisotopic (exact) mass is 794 g/mol. The zero-order chi connectivity index (χ0) is 33.1. The van der Waals surface area contributed by atoms with E-state index in [0.29, 0.717) is 59.2 Å². The van der Waals surface area contributed by atoms with Gasteiger partial charge in [-0.15, -0.1) is 0 Å². The second-order valence-corrected chi connectivity index (χ2v) is 13.0. The largest absolute Gasteiger partial charge is 0.493 e. The molecule has 1 aliphatic heterocycles. The van der Waals surface area contributed by atoms with Crippen LogP contribution in [0.1, 0.15) is 36.6 Å². The van der Waals surface area contributed by atoms with Gasteiger partial charge >= 0.3 is 5.97 Å². The highest BCUT2D eigenvalue weighted by Crippen LogP contribution is 2.37. The molecule has 0 spiro atoms. The second-order valence-electron chi connectivity index (χ2n) is 9.98. The molecule has 0 aliphatic carbocycles. The van der Waals surface area contributed by atoms with Crippen molar-refractivity contribution in [3.8, 4) is 23.0 Å². The molecule has 1 aliphatic rings. The van der Waals surface area contributed by atoms with Crippen LogP contribution in [0.2, 0.25) is 10.0 Å². The fraction of sp³-hybridized carbons (Fsp3) is 0.242. The number of hydrogen-bond acceptors (Lipinski definition) is 9. The van der Waals surface area contributed by atoms with Crippen molar-refractivity contribution >= 4 is 69.2 Å². The van der Waals surface area contributed by atoms with Gasteiger partial charge in [0.25, 0.3) is 5.56 Å². The van der Waals surface area contributed by atoms with Gasteiger partial charge < -0.3 is 23.7 Å². The number of ether oxygens (including phenoxy) is 5. The molecule has 0 unspecified atom stereocenters. The van der Waals surface area contributed by atoms with E-state index in [2.05, 4.69) is 27.6 Å². The molecule has 0 bridgehead atoms. The minimum absolute atomic E-state index is 0.172. The minimum atomic E-state index is -0.803. The quantitative estimate of drug-likeness (QED) is 0.137. The predicted molar refractivity (Wildman–Crippen MR) is 186 cm³/mol. The van der Waals surface area contributed by atoms with Gasteiger partial charge in [0.2, 0.25) is 0 Å². The summed E-state index contributed by atoms with van der Waals surface area (Å²) < 4.78 is 30.8. The first kappa shape index (κ1) is 33.8. The van der Waals surface area contributed by atoms with Crippen molar-refractivity contribution in [2.45, 2.75) is 26.5 Å². The number of thiazole rings is 1. The van der Waals surface area contributed by atoms with Gasteiger partial charge in [-0.3, -0.25) is 9.36 Å². The number of carbonyl (C=O) groups is 1. The smallest absolute Gasteiger partial charge is 0.338 e. The zero-order valence-corrected chi connectivity index (χ0v) is 30.0. The number of nitrogens with zero attached hydrogens (tertiary/aromatic N) is 2. The summed E-state index contributed by atoms with van der Waals surface area (Å²) in [5.41, 5.74) is 2.55. The predicted octanol–water partition coefficient (Wildman–Crippen LogP) is 6.31. The van der Waals surface area contributed by atoms with Crippen LogP contribution in [-0.2, 0) is 16.1 Å². The Hall–Kier alpha value is -3.52. The normalized spacial score (nSPS) is 14.4. The summed E-state index contributed by atoms with van der Waals surface area (Å²) in [5, 5.41) is 1.04. The van der Waals surface area contributed by atoms with Gasteiger partial charge in [-0.05, 0) is 90.0 Å². The average Bonchev–Trinajstić information content (AvgIpc) is 3.33. The Labute approximate surface area is 292 Å². The van der Waals surface area contributed by atoms with Crippen LogP contribution in [-0.4, -0.2) is 38.5 Å². The number of esters is 1. The fourth-order valence-corrected chi connectivity index (χ4v) is 7.32. The van der Waals surface area contributed by atoms with Gasteiger partial charge in [-0.25, -0.2) is 9.79 Å². The molecule has 0 radical (unpaired) electrons. The lowest BCUT2D eigenvalue weighted by molar-refractivity contribution is -0.139. The third-order valence-electron chi connectivity index (χ3n) is 7.18. The fourth-order valence-electron chi connectivity index (χ4n) is 5.03. The Bertz CT molecular complexity index is 2040. The van der Waals surface area contributed by atoms with Crippen molar-refractivity contribution in [3.05, 3.63) is 110 Å². The maximum absolute atomic E-state index is 14.1. The summed E-state index contributed by atoms with van der Waals surface area (Å²) in [6.07, 6.45) is 1.77. The number of benzene rings is 3. The van der Waals surface area contributed by atoms with Crippen LogP contribution >= 0.6 is 57.1 Å². The maximum atomic E-state index is 14.1. The van der Waals surface area contributed by atoms with Crippen LogP contribution in [0.3, 0.4) is 0 Å². The van der Waals surface area contributed by atoms with E-state index in [9.17, 15) is 9.59 Å². The number of allylic oxidation sites excluding steroid dienone is 1. The van der Waals surface area contributed by atoms with Crippen LogP contribution < -0.4 is 33.8 Å². The molecule has 13 heteroatoms. The molecule has 1 aromatic heterocycles. The van der Waals surface area contributed by atoms with Gasteiger partial charge in [0.15, 0.2) is 27.8 Å². The third kappa shape index (κ3) is 6.78. The summed E-state index contributed by atoms with van der Waals surface area (Å²) >= 11 is 15.7. The van der Waals surface area contributed by atoms with E-state index < -0.39 is 12.0 Å². The summed E-state index contributed by atoms with van der Waals surface area (Å²) in [7, 11) is 4.62. The Kier molecular flexibility index (Phi) is 10.7. The topological polar surface area (TPSA) is 97.6 Å². The molecule has 0 saturated heterocycles. The van der Waals surface area contributed by atoms with Crippen LogP contribution in [0.25, 0.3) is 6.08 Å². The number of aromatic nitrogens is 1. The SMILES string of the molecule is CCOC(=O)C1=C(C)N=c2s/c(=C/c3cc(I)c(OCc4ccc(Cl)cc4Cl)c(OC)c3)c(=O)n2[C@@H]1c1ccc(OC)c(OC)c1. The van der Waals surface area contributed by atoms with E-state index in [1.165, 1.54) is 23.0 Å². The summed E-state index contributed by atoms with van der Waals surface area (Å²) in [6, 6.07) is 13.4. The molecule has 0 fully saturated rings. The van der Waals surface area contributed by atoms with Crippen molar-refractivity contribution in [2.75, 3.05) is 27.9 Å². The first-order valence-corrected chi connectivity index (χ1v) is 16.6. The summed E-state index contributed by atoms with van der Waals surface area (Å²) in [4.78, 5) is 32.5. The molecule has 1 atom stereocenters. The second kappa shape index (κ2) is 14.5. The van der Waals surface area contributed by atoms with Crippen molar-refractivity contribution < 1.29 is 28.5 Å². The molecule has 0 amide bonds. The van der Waals surface area contributed by atoms with Gasteiger partial charge in [-0.1, -0.05) is 46.7 Å². The number of carbonyl (C=O) groups excluding carboxylic acids is 1. The van der Waals surface area contributed by atoms with Crippen molar-refractivity contribution in [3.63, 3.8) is 0 Å². The average molecular weight is 795 g/mol. The summed E-state index contributed by atoms with van der Waals surface area (Å²) in [6.45, 7) is 3.84. The molecule has 46 heavy (non-hydrogen) atoms. The number of rotatable bonds is 10. The summed E-state index contributed by atoms with van der Waals surface area (Å²) in [5.74, 6) is 1.45. The molecule has 9 nitrogen and oxygen atoms in total. The number of halogens is 3. The molecule has 240 valence electrons. The molecular formula is C33H29Cl2IN2O7S. The lowest BCUT2D eigenvalue weighted by Crippen LogP contribution is -2.40.